The maximum Gasteiger partial charge on any atom is 0.252 e. The largest absolute Gasteiger partial charge is 0.372 e. The zero-order chi connectivity index (χ0) is 11.4. The first-order valence-electron chi connectivity index (χ1n) is 5.68. The molecule has 0 saturated carbocycles. The number of rotatable bonds is 3. The molecule has 5 heteroatoms. The number of hydrogen-bond donors (Lipinski definition) is 1. The Morgan fingerprint density at radius 3 is 2.69 bits per heavy atom. The second kappa shape index (κ2) is 7.09. The van der Waals surface area contributed by atoms with Gasteiger partial charge in [-0.3, -0.25) is 4.79 Å². The zero-order valence-electron chi connectivity index (χ0n) is 10.5. The fourth-order valence-electron chi connectivity index (χ4n) is 1.99. The Balaban J connectivity index is 0.00000225. The molecule has 0 radical (unpaired) electrons. The van der Waals surface area contributed by atoms with Crippen molar-refractivity contribution < 1.29 is 9.53 Å². The molecule has 1 aliphatic rings. The summed E-state index contributed by atoms with van der Waals surface area (Å²) in [5, 5.41) is 3.36. The maximum absolute atomic E-state index is 12.1. The summed E-state index contributed by atoms with van der Waals surface area (Å²) in [5.74, 6) is 0.126. The monoisotopic (exact) mass is 250 g/mol. The van der Waals surface area contributed by atoms with E-state index in [9.17, 15) is 4.79 Å². The Bertz CT molecular complexity index is 222. The standard InChI is InChI=1S/C11H22N2O2.ClH/c1-5-10(15-4)11(14)13-7-6-12-8(2)9(13)3;/h8-10,12H,5-7H2,1-4H3;1H. The van der Waals surface area contributed by atoms with Gasteiger partial charge in [-0.05, 0) is 20.3 Å². The molecule has 3 unspecified atom stereocenters. The van der Waals surface area contributed by atoms with Gasteiger partial charge in [-0.1, -0.05) is 6.92 Å². The van der Waals surface area contributed by atoms with Crippen LogP contribution in [0.15, 0.2) is 0 Å². The Kier molecular flexibility index (Phi) is 6.95. The number of methoxy groups -OCH3 is 1. The Morgan fingerprint density at radius 2 is 2.19 bits per heavy atom. The smallest absolute Gasteiger partial charge is 0.252 e. The number of nitrogens with one attached hydrogen (secondary N) is 1. The van der Waals surface area contributed by atoms with Crippen molar-refractivity contribution in [1.29, 1.82) is 0 Å². The molecule has 1 heterocycles. The lowest BCUT2D eigenvalue weighted by molar-refractivity contribution is -0.145. The van der Waals surface area contributed by atoms with Gasteiger partial charge in [-0.15, -0.1) is 12.4 Å². The SMILES string of the molecule is CCC(OC)C(=O)N1CCNC(C)C1C.Cl. The van der Waals surface area contributed by atoms with Gasteiger partial charge in [-0.2, -0.15) is 0 Å². The lowest BCUT2D eigenvalue weighted by Crippen LogP contribution is -2.59. The molecule has 96 valence electrons. The first kappa shape index (κ1) is 15.7. The molecule has 1 N–H and O–H groups in total. The van der Waals surface area contributed by atoms with Gasteiger partial charge in [0.15, 0.2) is 0 Å². The molecule has 1 fully saturated rings. The summed E-state index contributed by atoms with van der Waals surface area (Å²) in [6.45, 7) is 7.82. The summed E-state index contributed by atoms with van der Waals surface area (Å²) in [7, 11) is 1.60. The van der Waals surface area contributed by atoms with E-state index < -0.39 is 0 Å². The van der Waals surface area contributed by atoms with Gasteiger partial charge in [0.2, 0.25) is 0 Å². The van der Waals surface area contributed by atoms with Gasteiger partial charge in [0, 0.05) is 32.3 Å². The lowest BCUT2D eigenvalue weighted by Gasteiger charge is -2.39. The highest BCUT2D eigenvalue weighted by atomic mass is 35.5. The topological polar surface area (TPSA) is 41.6 Å². The number of hydrogen-bond acceptors (Lipinski definition) is 3. The number of ether oxygens (including phenoxy) is 1. The first-order valence-corrected chi connectivity index (χ1v) is 5.68. The highest BCUT2D eigenvalue weighted by Crippen LogP contribution is 2.12. The third-order valence-corrected chi connectivity index (χ3v) is 3.25. The van der Waals surface area contributed by atoms with Crippen molar-refractivity contribution in [2.75, 3.05) is 20.2 Å². The minimum Gasteiger partial charge on any atom is -0.372 e. The predicted octanol–water partition coefficient (Wildman–Crippen LogP) is 1.04. The third-order valence-electron chi connectivity index (χ3n) is 3.25. The van der Waals surface area contributed by atoms with Crippen LogP contribution in [-0.4, -0.2) is 49.2 Å². The van der Waals surface area contributed by atoms with Gasteiger partial charge in [0.25, 0.3) is 5.91 Å². The number of carbonyl (C=O) groups is 1. The molecule has 16 heavy (non-hydrogen) atoms. The van der Waals surface area contributed by atoms with E-state index in [0.29, 0.717) is 6.04 Å². The van der Waals surface area contributed by atoms with Crippen molar-refractivity contribution in [3.05, 3.63) is 0 Å². The van der Waals surface area contributed by atoms with Crippen LogP contribution in [0.5, 0.6) is 0 Å². The number of piperazine rings is 1. The molecular weight excluding hydrogens is 228 g/mol. The van der Waals surface area contributed by atoms with Crippen LogP contribution in [0, 0.1) is 0 Å². The fraction of sp³-hybridized carbons (Fsp3) is 0.909. The van der Waals surface area contributed by atoms with E-state index in [1.807, 2.05) is 11.8 Å². The molecule has 0 aromatic carbocycles. The van der Waals surface area contributed by atoms with E-state index in [0.717, 1.165) is 19.5 Å². The minimum absolute atomic E-state index is 0. The summed E-state index contributed by atoms with van der Waals surface area (Å²) >= 11 is 0. The summed E-state index contributed by atoms with van der Waals surface area (Å²) in [4.78, 5) is 14.0. The number of nitrogens with zero attached hydrogens (tertiary/aromatic N) is 1. The van der Waals surface area contributed by atoms with Crippen LogP contribution in [0.3, 0.4) is 0 Å². The molecule has 1 aliphatic heterocycles. The molecule has 0 aromatic rings. The van der Waals surface area contributed by atoms with Gasteiger partial charge < -0.3 is 15.0 Å². The van der Waals surface area contributed by atoms with Crippen LogP contribution in [0.2, 0.25) is 0 Å². The van der Waals surface area contributed by atoms with Gasteiger partial charge in [-0.25, -0.2) is 0 Å². The average Bonchev–Trinajstić information content (AvgIpc) is 2.23. The molecule has 1 saturated heterocycles. The van der Waals surface area contributed by atoms with Crippen molar-refractivity contribution >= 4 is 18.3 Å². The summed E-state index contributed by atoms with van der Waals surface area (Å²) in [6, 6.07) is 0.604. The normalized spacial score (nSPS) is 27.1. The average molecular weight is 251 g/mol. The van der Waals surface area contributed by atoms with Gasteiger partial charge in [0.1, 0.15) is 6.10 Å². The van der Waals surface area contributed by atoms with E-state index in [1.54, 1.807) is 7.11 Å². The number of carbonyl (C=O) groups excluding carboxylic acids is 1. The zero-order valence-corrected chi connectivity index (χ0v) is 11.3. The van der Waals surface area contributed by atoms with Crippen LogP contribution in [0.25, 0.3) is 0 Å². The van der Waals surface area contributed by atoms with Crippen molar-refractivity contribution in [2.45, 2.75) is 45.4 Å². The highest BCUT2D eigenvalue weighted by Gasteiger charge is 2.31. The van der Waals surface area contributed by atoms with Crippen LogP contribution < -0.4 is 5.32 Å². The van der Waals surface area contributed by atoms with Crippen molar-refractivity contribution in [3.8, 4) is 0 Å². The molecule has 0 aromatic heterocycles. The molecule has 0 bridgehead atoms. The van der Waals surface area contributed by atoms with E-state index >= 15 is 0 Å². The second-order valence-electron chi connectivity index (χ2n) is 4.15. The van der Waals surface area contributed by atoms with Crippen molar-refractivity contribution in [3.63, 3.8) is 0 Å². The second-order valence-corrected chi connectivity index (χ2v) is 4.15. The van der Waals surface area contributed by atoms with Crippen LogP contribution in [0.4, 0.5) is 0 Å². The minimum atomic E-state index is -0.280. The molecule has 4 nitrogen and oxygen atoms in total. The molecule has 1 amide bonds. The highest BCUT2D eigenvalue weighted by molar-refractivity contribution is 5.85. The molecule has 3 atom stereocenters. The summed E-state index contributed by atoms with van der Waals surface area (Å²) in [5.41, 5.74) is 0. The van der Waals surface area contributed by atoms with E-state index in [4.69, 9.17) is 4.74 Å². The Morgan fingerprint density at radius 1 is 1.56 bits per heavy atom. The van der Waals surface area contributed by atoms with Crippen LogP contribution in [0.1, 0.15) is 27.2 Å². The van der Waals surface area contributed by atoms with E-state index in [1.165, 1.54) is 0 Å². The van der Waals surface area contributed by atoms with Crippen LogP contribution >= 0.6 is 12.4 Å². The van der Waals surface area contributed by atoms with Crippen LogP contribution in [-0.2, 0) is 9.53 Å². The molecule has 0 spiro atoms. The molecular formula is C11H23ClN2O2. The number of halogens is 1. The summed E-state index contributed by atoms with van der Waals surface area (Å²) in [6.07, 6.45) is 0.457. The fourth-order valence-corrected chi connectivity index (χ4v) is 1.99. The molecule has 0 aliphatic carbocycles. The molecule has 1 rings (SSSR count). The Hall–Kier alpha value is -0.320. The predicted molar refractivity (Wildman–Crippen MR) is 67.0 cm³/mol. The maximum atomic E-state index is 12.1. The lowest BCUT2D eigenvalue weighted by atomic mass is 10.1. The van der Waals surface area contributed by atoms with Crippen molar-refractivity contribution in [1.82, 2.24) is 10.2 Å². The quantitative estimate of drug-likeness (QED) is 0.814. The Labute approximate surface area is 104 Å². The van der Waals surface area contributed by atoms with Gasteiger partial charge >= 0.3 is 0 Å². The first-order chi connectivity index (χ1) is 7.11. The van der Waals surface area contributed by atoms with E-state index in [2.05, 4.69) is 19.2 Å². The van der Waals surface area contributed by atoms with Crippen molar-refractivity contribution in [2.24, 2.45) is 0 Å². The van der Waals surface area contributed by atoms with Gasteiger partial charge in [0.05, 0.1) is 0 Å². The number of amides is 1. The summed E-state index contributed by atoms with van der Waals surface area (Å²) < 4.78 is 5.19. The third kappa shape index (κ3) is 3.34. The van der Waals surface area contributed by atoms with E-state index in [-0.39, 0.29) is 30.5 Å².